The summed E-state index contributed by atoms with van der Waals surface area (Å²) in [5, 5.41) is 10.5. The number of carbonyl (C=O) groups excluding carboxylic acids is 2. The molecule has 0 aliphatic carbocycles. The highest BCUT2D eigenvalue weighted by Crippen LogP contribution is 2.04. The lowest BCUT2D eigenvalue weighted by Crippen LogP contribution is -2.45. The molecule has 0 saturated heterocycles. The summed E-state index contributed by atoms with van der Waals surface area (Å²) in [6, 6.07) is -0.433. The maximum atomic E-state index is 12.8. The zero-order valence-electron chi connectivity index (χ0n) is 18.9. The molecular formula is C19H37N7O5. The summed E-state index contributed by atoms with van der Waals surface area (Å²) in [6.07, 6.45) is 2.19. The molecule has 0 spiro atoms. The molecule has 1 aromatic rings. The molecule has 0 radical (unpaired) electrons. The largest absolute Gasteiger partial charge is 0.378 e. The van der Waals surface area contributed by atoms with E-state index < -0.39 is 11.9 Å². The van der Waals surface area contributed by atoms with Crippen LogP contribution in [0, 0.1) is 0 Å². The van der Waals surface area contributed by atoms with Crippen LogP contribution in [0.1, 0.15) is 23.8 Å². The van der Waals surface area contributed by atoms with Gasteiger partial charge in [0.25, 0.3) is 5.91 Å². The first-order valence-electron chi connectivity index (χ1n) is 10.6. The number of carbonyl (C=O) groups is 2. The Morgan fingerprint density at radius 2 is 1.71 bits per heavy atom. The van der Waals surface area contributed by atoms with E-state index in [2.05, 4.69) is 15.6 Å². The van der Waals surface area contributed by atoms with Crippen LogP contribution in [0.15, 0.2) is 6.20 Å². The van der Waals surface area contributed by atoms with E-state index >= 15 is 0 Å². The molecule has 3 N–H and O–H groups in total. The van der Waals surface area contributed by atoms with Crippen molar-refractivity contribution < 1.29 is 23.8 Å². The third-order valence-electron chi connectivity index (χ3n) is 4.03. The van der Waals surface area contributed by atoms with Gasteiger partial charge >= 0.3 is 6.03 Å². The zero-order valence-corrected chi connectivity index (χ0v) is 18.9. The lowest BCUT2D eigenvalue weighted by molar-refractivity contribution is 0.0141. The summed E-state index contributed by atoms with van der Waals surface area (Å²) >= 11 is 0. The van der Waals surface area contributed by atoms with Gasteiger partial charge in [0.15, 0.2) is 5.69 Å². The maximum Gasteiger partial charge on any atom is 0.324 e. The Kier molecular flexibility index (Phi) is 14.4. The lowest BCUT2D eigenvalue weighted by atomic mass is 10.3. The van der Waals surface area contributed by atoms with Crippen LogP contribution < -0.4 is 11.1 Å². The molecule has 0 bridgehead atoms. The molecule has 0 saturated carbocycles. The number of aromatic nitrogens is 3. The van der Waals surface area contributed by atoms with Crippen molar-refractivity contribution in [1.29, 1.82) is 0 Å². The van der Waals surface area contributed by atoms with Gasteiger partial charge in [-0.15, -0.1) is 5.10 Å². The molecule has 31 heavy (non-hydrogen) atoms. The molecule has 12 heteroatoms. The van der Waals surface area contributed by atoms with Gasteiger partial charge in [-0.3, -0.25) is 9.69 Å². The highest BCUT2D eigenvalue weighted by Gasteiger charge is 2.24. The van der Waals surface area contributed by atoms with Crippen LogP contribution >= 0.6 is 0 Å². The molecule has 12 nitrogen and oxygen atoms in total. The summed E-state index contributed by atoms with van der Waals surface area (Å²) in [5.41, 5.74) is 5.44. The SMILES string of the molecule is CCNC(=O)N(CCCN(C)C)C(=O)c1cn(CCOCCOCCOCCN)nn1. The molecule has 0 atom stereocenters. The third-order valence-corrected chi connectivity index (χ3v) is 4.03. The minimum atomic E-state index is -0.470. The minimum absolute atomic E-state index is 0.122. The van der Waals surface area contributed by atoms with E-state index in [9.17, 15) is 9.59 Å². The molecule has 0 aliphatic rings. The van der Waals surface area contributed by atoms with Crippen LogP contribution in [0.2, 0.25) is 0 Å². The van der Waals surface area contributed by atoms with Crippen LogP contribution in [0.3, 0.4) is 0 Å². The molecule has 1 heterocycles. The molecular weight excluding hydrogens is 406 g/mol. The normalized spacial score (nSPS) is 11.1. The van der Waals surface area contributed by atoms with Gasteiger partial charge in [-0.2, -0.15) is 0 Å². The van der Waals surface area contributed by atoms with Gasteiger partial charge in [0.1, 0.15) is 0 Å². The van der Waals surface area contributed by atoms with Gasteiger partial charge in [-0.1, -0.05) is 5.21 Å². The molecule has 0 unspecified atom stereocenters. The van der Waals surface area contributed by atoms with Crippen LogP contribution in [-0.2, 0) is 20.8 Å². The Morgan fingerprint density at radius 3 is 2.32 bits per heavy atom. The van der Waals surface area contributed by atoms with Crippen molar-refractivity contribution in [3.05, 3.63) is 11.9 Å². The van der Waals surface area contributed by atoms with Gasteiger partial charge in [-0.05, 0) is 34.0 Å². The van der Waals surface area contributed by atoms with Crippen LogP contribution in [-0.4, -0.2) is 117 Å². The van der Waals surface area contributed by atoms with E-state index in [0.29, 0.717) is 72.2 Å². The number of amides is 3. The Bertz CT molecular complexity index is 627. The molecule has 1 aromatic heterocycles. The van der Waals surface area contributed by atoms with E-state index in [-0.39, 0.29) is 5.69 Å². The van der Waals surface area contributed by atoms with E-state index in [1.807, 2.05) is 19.0 Å². The summed E-state index contributed by atoms with van der Waals surface area (Å²) in [6.45, 7) is 7.06. The first kappa shape index (κ1) is 26.9. The quantitative estimate of drug-likeness (QED) is 0.303. The average Bonchev–Trinajstić information content (AvgIpc) is 3.21. The standard InChI is InChI=1S/C19H37N7O5/c1-4-21-19(28)26(8-5-7-24(2)3)18(27)17-16-25(23-22-17)9-11-30-13-15-31-14-12-29-10-6-20/h16H,4-15,20H2,1-3H3,(H,21,28). The third kappa shape index (κ3) is 11.7. The smallest absolute Gasteiger partial charge is 0.324 e. The second-order valence-corrected chi connectivity index (χ2v) is 6.94. The van der Waals surface area contributed by atoms with Gasteiger partial charge in [0, 0.05) is 19.6 Å². The molecule has 178 valence electrons. The fourth-order valence-corrected chi connectivity index (χ4v) is 2.51. The highest BCUT2D eigenvalue weighted by molar-refractivity contribution is 6.02. The Morgan fingerprint density at radius 1 is 1.06 bits per heavy atom. The maximum absolute atomic E-state index is 12.8. The van der Waals surface area contributed by atoms with Crippen molar-refractivity contribution >= 4 is 11.9 Å². The van der Waals surface area contributed by atoms with Crippen LogP contribution in [0.25, 0.3) is 0 Å². The summed E-state index contributed by atoms with van der Waals surface area (Å²) in [4.78, 5) is 28.2. The van der Waals surface area contributed by atoms with Gasteiger partial charge < -0.3 is 30.2 Å². The Hall–Kier alpha value is -2.12. The fraction of sp³-hybridized carbons (Fsp3) is 0.789. The van der Waals surface area contributed by atoms with E-state index in [0.717, 1.165) is 6.54 Å². The number of hydrogen-bond acceptors (Lipinski definition) is 9. The topological polar surface area (TPSA) is 137 Å². The number of nitrogens with one attached hydrogen (secondary N) is 1. The monoisotopic (exact) mass is 443 g/mol. The lowest BCUT2D eigenvalue weighted by Gasteiger charge is -2.20. The van der Waals surface area contributed by atoms with Crippen LogP contribution in [0.5, 0.6) is 0 Å². The van der Waals surface area contributed by atoms with Gasteiger partial charge in [0.2, 0.25) is 0 Å². The number of hydrogen-bond donors (Lipinski definition) is 2. The first-order valence-corrected chi connectivity index (χ1v) is 10.6. The average molecular weight is 444 g/mol. The Labute approximate surface area is 184 Å². The minimum Gasteiger partial charge on any atom is -0.378 e. The second-order valence-electron chi connectivity index (χ2n) is 6.94. The molecule has 1 rings (SSSR count). The number of nitrogens with zero attached hydrogens (tertiary/aromatic N) is 5. The second kappa shape index (κ2) is 16.6. The van der Waals surface area contributed by atoms with Crippen LogP contribution in [0.4, 0.5) is 4.79 Å². The molecule has 0 aromatic carbocycles. The summed E-state index contributed by atoms with van der Waals surface area (Å²) in [7, 11) is 3.88. The first-order chi connectivity index (χ1) is 15.0. The highest BCUT2D eigenvalue weighted by atomic mass is 16.5. The summed E-state index contributed by atoms with van der Waals surface area (Å²) < 4.78 is 17.6. The van der Waals surface area contributed by atoms with Crippen molar-refractivity contribution in [1.82, 2.24) is 30.1 Å². The number of urea groups is 1. The molecule has 0 fully saturated rings. The number of rotatable bonds is 17. The van der Waals surface area contributed by atoms with Crippen molar-refractivity contribution in [2.75, 3.05) is 79.9 Å². The molecule has 0 aliphatic heterocycles. The Balaban J connectivity index is 2.38. The number of nitrogens with two attached hydrogens (primary N) is 1. The number of ether oxygens (including phenoxy) is 3. The van der Waals surface area contributed by atoms with Crippen molar-refractivity contribution in [2.45, 2.75) is 19.9 Å². The van der Waals surface area contributed by atoms with E-state index in [4.69, 9.17) is 19.9 Å². The van der Waals surface area contributed by atoms with E-state index in [1.54, 1.807) is 6.92 Å². The van der Waals surface area contributed by atoms with Crippen molar-refractivity contribution in [3.8, 4) is 0 Å². The van der Waals surface area contributed by atoms with Gasteiger partial charge in [0.05, 0.1) is 52.4 Å². The van der Waals surface area contributed by atoms with E-state index in [1.165, 1.54) is 15.8 Å². The fourth-order valence-electron chi connectivity index (χ4n) is 2.51. The van der Waals surface area contributed by atoms with Crippen molar-refractivity contribution in [3.63, 3.8) is 0 Å². The number of imide groups is 1. The summed E-state index contributed by atoms with van der Waals surface area (Å²) in [5.74, 6) is -0.470. The zero-order chi connectivity index (χ0) is 22.9. The van der Waals surface area contributed by atoms with Gasteiger partial charge in [-0.25, -0.2) is 9.48 Å². The predicted molar refractivity (Wildman–Crippen MR) is 115 cm³/mol. The van der Waals surface area contributed by atoms with Crippen molar-refractivity contribution in [2.24, 2.45) is 5.73 Å². The molecule has 3 amide bonds. The predicted octanol–water partition coefficient (Wildman–Crippen LogP) is -0.590.